The molecule has 1 aliphatic heterocycles. The van der Waals surface area contributed by atoms with Gasteiger partial charge in [0.1, 0.15) is 5.75 Å². The van der Waals surface area contributed by atoms with Crippen LogP contribution < -0.4 is 10.6 Å². The molecule has 3 rings (SSSR count). The van der Waals surface area contributed by atoms with Gasteiger partial charge in [-0.1, -0.05) is 12.1 Å². The molecule has 1 aromatic carbocycles. The highest BCUT2D eigenvalue weighted by molar-refractivity contribution is 5.93. The van der Waals surface area contributed by atoms with Crippen LogP contribution in [0.3, 0.4) is 0 Å². The summed E-state index contributed by atoms with van der Waals surface area (Å²) in [6.45, 7) is 4.74. The van der Waals surface area contributed by atoms with Crippen molar-refractivity contribution in [2.45, 2.75) is 32.8 Å². The number of hydrogen-bond donors (Lipinski definition) is 1. The molecular formula is C19H24N2O4. The average molecular weight is 344 g/mol. The van der Waals surface area contributed by atoms with E-state index in [4.69, 9.17) is 20.1 Å². The molecule has 0 bridgehead atoms. The number of ether oxygens (including phenoxy) is 3. The van der Waals surface area contributed by atoms with E-state index in [0.29, 0.717) is 18.9 Å². The number of methoxy groups -OCH3 is 1. The molecule has 0 saturated carbocycles. The highest BCUT2D eigenvalue weighted by atomic mass is 16.5. The Labute approximate surface area is 147 Å². The van der Waals surface area contributed by atoms with E-state index in [0.717, 1.165) is 40.8 Å². The predicted molar refractivity (Wildman–Crippen MR) is 95.2 cm³/mol. The first kappa shape index (κ1) is 17.4. The second-order valence-corrected chi connectivity index (χ2v) is 6.07. The lowest BCUT2D eigenvalue weighted by atomic mass is 9.94. The summed E-state index contributed by atoms with van der Waals surface area (Å²) < 4.78 is 17.9. The number of esters is 1. The maximum atomic E-state index is 12.5. The fourth-order valence-corrected chi connectivity index (χ4v) is 3.43. The van der Waals surface area contributed by atoms with Gasteiger partial charge >= 0.3 is 5.97 Å². The normalized spacial score (nSPS) is 16.8. The number of nitrogen functional groups attached to an aromatic ring is 1. The molecule has 0 unspecified atom stereocenters. The minimum atomic E-state index is -0.428. The Morgan fingerprint density at radius 3 is 2.84 bits per heavy atom. The topological polar surface area (TPSA) is 75.7 Å². The summed E-state index contributed by atoms with van der Waals surface area (Å²) in [6.07, 6.45) is 3.42. The van der Waals surface area contributed by atoms with Crippen molar-refractivity contribution in [3.05, 3.63) is 41.2 Å². The predicted octanol–water partition coefficient (Wildman–Crippen LogP) is 3.21. The van der Waals surface area contributed by atoms with Crippen molar-refractivity contribution >= 4 is 5.97 Å². The van der Waals surface area contributed by atoms with Crippen LogP contribution >= 0.6 is 0 Å². The van der Waals surface area contributed by atoms with Crippen LogP contribution in [0.5, 0.6) is 5.75 Å². The summed E-state index contributed by atoms with van der Waals surface area (Å²) >= 11 is 0. The van der Waals surface area contributed by atoms with Crippen LogP contribution in [0.15, 0.2) is 24.4 Å². The van der Waals surface area contributed by atoms with Gasteiger partial charge in [-0.15, -0.1) is 0 Å². The van der Waals surface area contributed by atoms with Gasteiger partial charge in [-0.2, -0.15) is 0 Å². The maximum Gasteiger partial charge on any atom is 0.357 e. The maximum absolute atomic E-state index is 12.5. The molecule has 1 fully saturated rings. The first-order chi connectivity index (χ1) is 12.1. The largest absolute Gasteiger partial charge is 0.496 e. The second-order valence-electron chi connectivity index (χ2n) is 6.07. The zero-order valence-electron chi connectivity index (χ0n) is 14.9. The minimum Gasteiger partial charge on any atom is -0.496 e. The molecule has 1 aliphatic rings. The Morgan fingerprint density at radius 1 is 1.40 bits per heavy atom. The lowest BCUT2D eigenvalue weighted by molar-refractivity contribution is 0.0504. The Hall–Kier alpha value is -2.47. The van der Waals surface area contributed by atoms with Crippen molar-refractivity contribution in [3.8, 4) is 16.9 Å². The molecule has 6 nitrogen and oxygen atoms in total. The molecule has 6 heteroatoms. The van der Waals surface area contributed by atoms with Crippen LogP contribution in [0.2, 0.25) is 0 Å². The molecule has 0 aliphatic carbocycles. The van der Waals surface area contributed by atoms with Gasteiger partial charge in [0, 0.05) is 23.9 Å². The molecule has 2 N–H and O–H groups in total. The lowest BCUT2D eigenvalue weighted by Gasteiger charge is -2.16. The molecule has 2 heterocycles. The van der Waals surface area contributed by atoms with Crippen molar-refractivity contribution in [1.82, 2.24) is 4.68 Å². The first-order valence-electron chi connectivity index (χ1n) is 8.51. The Bertz CT molecular complexity index is 776. The Morgan fingerprint density at radius 2 is 2.20 bits per heavy atom. The highest BCUT2D eigenvalue weighted by Gasteiger charge is 2.31. The van der Waals surface area contributed by atoms with Crippen LogP contribution in [0.4, 0.5) is 0 Å². The van der Waals surface area contributed by atoms with Gasteiger partial charge in [-0.05, 0) is 43.9 Å². The molecule has 1 aromatic heterocycles. The SMILES string of the molecule is CCOC(=O)c1c([C@H]2CCCO2)c(-c2cccc(OC)c2C)cn1N. The smallest absolute Gasteiger partial charge is 0.357 e. The van der Waals surface area contributed by atoms with Gasteiger partial charge in [0.25, 0.3) is 0 Å². The third-order valence-electron chi connectivity index (χ3n) is 4.59. The highest BCUT2D eigenvalue weighted by Crippen LogP contribution is 2.41. The van der Waals surface area contributed by atoms with Gasteiger partial charge in [0.15, 0.2) is 5.69 Å². The van der Waals surface area contributed by atoms with E-state index in [1.165, 1.54) is 4.68 Å². The van der Waals surface area contributed by atoms with Crippen molar-refractivity contribution in [1.29, 1.82) is 0 Å². The lowest BCUT2D eigenvalue weighted by Crippen LogP contribution is -2.19. The van der Waals surface area contributed by atoms with E-state index in [-0.39, 0.29) is 6.10 Å². The van der Waals surface area contributed by atoms with E-state index >= 15 is 0 Å². The van der Waals surface area contributed by atoms with E-state index in [1.807, 2.05) is 25.1 Å². The van der Waals surface area contributed by atoms with Crippen molar-refractivity contribution in [2.24, 2.45) is 0 Å². The molecule has 1 saturated heterocycles. The van der Waals surface area contributed by atoms with Gasteiger partial charge in [0.05, 0.1) is 19.8 Å². The number of benzene rings is 1. The molecular weight excluding hydrogens is 320 g/mol. The third kappa shape index (κ3) is 3.09. The molecule has 25 heavy (non-hydrogen) atoms. The first-order valence-corrected chi connectivity index (χ1v) is 8.51. The number of aromatic nitrogens is 1. The number of nitrogens with two attached hydrogens (primary N) is 1. The second kappa shape index (κ2) is 7.19. The zero-order valence-corrected chi connectivity index (χ0v) is 14.9. The van der Waals surface area contributed by atoms with Gasteiger partial charge in [-0.25, -0.2) is 4.79 Å². The Balaban J connectivity index is 2.20. The molecule has 0 spiro atoms. The molecule has 2 aromatic rings. The summed E-state index contributed by atoms with van der Waals surface area (Å²) in [5, 5.41) is 0. The summed E-state index contributed by atoms with van der Waals surface area (Å²) in [5.41, 5.74) is 4.00. The fourth-order valence-electron chi connectivity index (χ4n) is 3.43. The summed E-state index contributed by atoms with van der Waals surface area (Å²) in [6, 6.07) is 5.84. The fraction of sp³-hybridized carbons (Fsp3) is 0.421. The van der Waals surface area contributed by atoms with Crippen molar-refractivity contribution in [2.75, 3.05) is 26.2 Å². The number of hydrogen-bond acceptors (Lipinski definition) is 5. The average Bonchev–Trinajstić information content (AvgIpc) is 3.22. The van der Waals surface area contributed by atoms with Gasteiger partial charge in [-0.3, -0.25) is 4.68 Å². The zero-order chi connectivity index (χ0) is 18.0. The van der Waals surface area contributed by atoms with Crippen LogP contribution in [0.1, 0.15) is 47.5 Å². The number of rotatable bonds is 5. The van der Waals surface area contributed by atoms with E-state index in [1.54, 1.807) is 20.2 Å². The van der Waals surface area contributed by atoms with Crippen molar-refractivity contribution in [3.63, 3.8) is 0 Å². The number of nitrogens with zero attached hydrogens (tertiary/aromatic N) is 1. The van der Waals surface area contributed by atoms with Crippen LogP contribution in [-0.2, 0) is 9.47 Å². The van der Waals surface area contributed by atoms with E-state index in [9.17, 15) is 4.79 Å². The monoisotopic (exact) mass is 344 g/mol. The summed E-state index contributed by atoms with van der Waals surface area (Å²) in [7, 11) is 1.64. The minimum absolute atomic E-state index is 0.162. The number of carbonyl (C=O) groups excluding carboxylic acids is 1. The van der Waals surface area contributed by atoms with Gasteiger partial charge in [0.2, 0.25) is 0 Å². The van der Waals surface area contributed by atoms with Crippen molar-refractivity contribution < 1.29 is 19.0 Å². The molecule has 0 amide bonds. The third-order valence-corrected chi connectivity index (χ3v) is 4.59. The van der Waals surface area contributed by atoms with Crippen LogP contribution in [0.25, 0.3) is 11.1 Å². The summed E-state index contributed by atoms with van der Waals surface area (Å²) in [5.74, 6) is 6.49. The van der Waals surface area contributed by atoms with Gasteiger partial charge < -0.3 is 20.1 Å². The summed E-state index contributed by atoms with van der Waals surface area (Å²) in [4.78, 5) is 12.5. The molecule has 134 valence electrons. The van der Waals surface area contributed by atoms with Crippen LogP contribution in [0, 0.1) is 6.92 Å². The molecule has 0 radical (unpaired) electrons. The van der Waals surface area contributed by atoms with Crippen LogP contribution in [-0.4, -0.2) is 31.0 Å². The van der Waals surface area contributed by atoms with E-state index in [2.05, 4.69) is 0 Å². The quantitative estimate of drug-likeness (QED) is 0.666. The standard InChI is InChI=1S/C19H24N2O4/c1-4-24-19(22)18-17(16-9-6-10-25-16)14(11-21(18)20)13-7-5-8-15(23-3)12(13)2/h5,7-8,11,16H,4,6,9-10,20H2,1-3H3/t16-/m1/s1. The number of carbonyl (C=O) groups is 1. The molecule has 1 atom stereocenters. The van der Waals surface area contributed by atoms with E-state index < -0.39 is 5.97 Å². The Kier molecular flexibility index (Phi) is 4.99.